The molecule has 1 aromatic carbocycles. The van der Waals surface area contributed by atoms with Crippen molar-refractivity contribution in [3.8, 4) is 0 Å². The Morgan fingerprint density at radius 2 is 1.65 bits per heavy atom. The van der Waals surface area contributed by atoms with E-state index < -0.39 is 17.6 Å². The van der Waals surface area contributed by atoms with E-state index in [2.05, 4.69) is 0 Å². The van der Waals surface area contributed by atoms with Crippen LogP contribution in [0.25, 0.3) is 0 Å². The molecule has 0 aromatic heterocycles. The number of nitrogens with zero attached hydrogens (tertiary/aromatic N) is 3. The Kier molecular flexibility index (Phi) is 6.64. The number of ether oxygens (including phenoxy) is 2. The third-order valence-corrected chi connectivity index (χ3v) is 5.17. The molecule has 168 valence electrons. The van der Waals surface area contributed by atoms with Crippen molar-refractivity contribution >= 4 is 29.6 Å². The second kappa shape index (κ2) is 9.05. The van der Waals surface area contributed by atoms with Crippen LogP contribution < -0.4 is 4.90 Å². The first kappa shape index (κ1) is 22.7. The van der Waals surface area contributed by atoms with Gasteiger partial charge in [-0.1, -0.05) is 0 Å². The standard InChI is InChI=1S/C22H29N3O6/c1-5-30-20(28)15-6-8-16(9-7-15)25-18(26)14-17(19(25)27)23-10-12-24(13-11-23)21(29)31-22(2,3)4/h6-9,17H,5,10-14H2,1-4H3/t17-/m0/s1. The van der Waals surface area contributed by atoms with Gasteiger partial charge < -0.3 is 14.4 Å². The number of rotatable bonds is 4. The van der Waals surface area contributed by atoms with Gasteiger partial charge in [-0.2, -0.15) is 0 Å². The average Bonchev–Trinajstić information content (AvgIpc) is 3.01. The zero-order chi connectivity index (χ0) is 22.8. The lowest BCUT2D eigenvalue weighted by atomic mass is 10.1. The van der Waals surface area contributed by atoms with Gasteiger partial charge in [-0.05, 0) is 52.0 Å². The predicted octanol–water partition coefficient (Wildman–Crippen LogP) is 2.05. The highest BCUT2D eigenvalue weighted by Crippen LogP contribution is 2.27. The number of piperazine rings is 1. The zero-order valence-corrected chi connectivity index (χ0v) is 18.4. The first-order chi connectivity index (χ1) is 14.6. The molecular weight excluding hydrogens is 402 g/mol. The Labute approximate surface area is 181 Å². The van der Waals surface area contributed by atoms with Gasteiger partial charge in [-0.25, -0.2) is 14.5 Å². The van der Waals surface area contributed by atoms with Crippen molar-refractivity contribution in [1.82, 2.24) is 9.80 Å². The van der Waals surface area contributed by atoms with E-state index in [0.29, 0.717) is 37.4 Å². The highest BCUT2D eigenvalue weighted by molar-refractivity contribution is 6.22. The van der Waals surface area contributed by atoms with Crippen LogP contribution >= 0.6 is 0 Å². The molecule has 1 aromatic rings. The summed E-state index contributed by atoms with van der Waals surface area (Å²) >= 11 is 0. The van der Waals surface area contributed by atoms with Crippen LogP contribution in [0.4, 0.5) is 10.5 Å². The van der Waals surface area contributed by atoms with E-state index in [0.717, 1.165) is 0 Å². The summed E-state index contributed by atoms with van der Waals surface area (Å²) in [6, 6.07) is 5.68. The number of hydrogen-bond donors (Lipinski definition) is 0. The molecule has 9 heteroatoms. The monoisotopic (exact) mass is 431 g/mol. The Morgan fingerprint density at radius 1 is 1.03 bits per heavy atom. The van der Waals surface area contributed by atoms with E-state index in [9.17, 15) is 19.2 Å². The summed E-state index contributed by atoms with van der Waals surface area (Å²) in [6.45, 7) is 9.28. The molecule has 3 amide bonds. The lowest BCUT2D eigenvalue weighted by Gasteiger charge is -2.37. The molecule has 2 fully saturated rings. The van der Waals surface area contributed by atoms with Gasteiger partial charge in [0.05, 0.1) is 30.3 Å². The lowest BCUT2D eigenvalue weighted by molar-refractivity contribution is -0.123. The fourth-order valence-electron chi connectivity index (χ4n) is 3.68. The molecular formula is C22H29N3O6. The Bertz CT molecular complexity index is 853. The van der Waals surface area contributed by atoms with Crippen LogP contribution in [-0.2, 0) is 19.1 Å². The normalized spacial score (nSPS) is 20.2. The third kappa shape index (κ3) is 5.22. The largest absolute Gasteiger partial charge is 0.462 e. The van der Waals surface area contributed by atoms with Gasteiger partial charge in [0.1, 0.15) is 5.60 Å². The molecule has 0 spiro atoms. The van der Waals surface area contributed by atoms with Crippen LogP contribution in [0.3, 0.4) is 0 Å². The number of carbonyl (C=O) groups excluding carboxylic acids is 4. The molecule has 0 bridgehead atoms. The number of esters is 1. The Balaban J connectivity index is 1.62. The van der Waals surface area contributed by atoms with Crippen LogP contribution in [0.1, 0.15) is 44.5 Å². The molecule has 31 heavy (non-hydrogen) atoms. The highest BCUT2D eigenvalue weighted by Gasteiger charge is 2.43. The molecule has 0 aliphatic carbocycles. The first-order valence-corrected chi connectivity index (χ1v) is 10.5. The van der Waals surface area contributed by atoms with Crippen molar-refractivity contribution in [2.45, 2.75) is 45.8 Å². The van der Waals surface area contributed by atoms with Gasteiger partial charge in [0.2, 0.25) is 5.91 Å². The van der Waals surface area contributed by atoms with Crippen molar-refractivity contribution in [3.63, 3.8) is 0 Å². The number of hydrogen-bond acceptors (Lipinski definition) is 7. The van der Waals surface area contributed by atoms with Crippen molar-refractivity contribution in [2.75, 3.05) is 37.7 Å². The average molecular weight is 431 g/mol. The predicted molar refractivity (Wildman–Crippen MR) is 113 cm³/mol. The fraction of sp³-hybridized carbons (Fsp3) is 0.545. The fourth-order valence-corrected chi connectivity index (χ4v) is 3.68. The smallest absolute Gasteiger partial charge is 0.410 e. The number of imide groups is 1. The summed E-state index contributed by atoms with van der Waals surface area (Å²) in [4.78, 5) is 54.4. The Hall–Kier alpha value is -2.94. The summed E-state index contributed by atoms with van der Waals surface area (Å²) in [6.07, 6.45) is -0.283. The van der Waals surface area contributed by atoms with Gasteiger partial charge in [-0.15, -0.1) is 0 Å². The van der Waals surface area contributed by atoms with Gasteiger partial charge in [0.15, 0.2) is 0 Å². The molecule has 0 radical (unpaired) electrons. The molecule has 2 aliphatic rings. The summed E-state index contributed by atoms with van der Waals surface area (Å²) in [5.74, 6) is -1.03. The maximum atomic E-state index is 13.0. The van der Waals surface area contributed by atoms with E-state index >= 15 is 0 Å². The molecule has 1 atom stereocenters. The van der Waals surface area contributed by atoms with Crippen LogP contribution in [0.2, 0.25) is 0 Å². The molecule has 9 nitrogen and oxygen atoms in total. The zero-order valence-electron chi connectivity index (χ0n) is 18.4. The minimum atomic E-state index is -0.564. The van der Waals surface area contributed by atoms with Crippen molar-refractivity contribution < 1.29 is 28.7 Å². The van der Waals surface area contributed by atoms with Crippen molar-refractivity contribution in [3.05, 3.63) is 29.8 Å². The molecule has 2 aliphatic heterocycles. The van der Waals surface area contributed by atoms with Crippen LogP contribution in [0.15, 0.2) is 24.3 Å². The van der Waals surface area contributed by atoms with E-state index in [1.54, 1.807) is 36.1 Å². The van der Waals surface area contributed by atoms with Gasteiger partial charge in [0, 0.05) is 26.2 Å². The summed E-state index contributed by atoms with van der Waals surface area (Å²) in [5, 5.41) is 0. The van der Waals surface area contributed by atoms with Crippen LogP contribution in [0, 0.1) is 0 Å². The molecule has 0 saturated carbocycles. The molecule has 0 N–H and O–H groups in total. The van der Waals surface area contributed by atoms with E-state index in [1.807, 2.05) is 25.7 Å². The Morgan fingerprint density at radius 3 is 2.19 bits per heavy atom. The quantitative estimate of drug-likeness (QED) is 0.532. The van der Waals surface area contributed by atoms with E-state index in [4.69, 9.17) is 9.47 Å². The van der Waals surface area contributed by atoms with E-state index in [-0.39, 0.29) is 30.9 Å². The molecule has 2 heterocycles. The number of carbonyl (C=O) groups is 4. The maximum absolute atomic E-state index is 13.0. The van der Waals surface area contributed by atoms with Crippen LogP contribution in [-0.4, -0.2) is 78.1 Å². The number of amides is 3. The SMILES string of the molecule is CCOC(=O)c1ccc(N2C(=O)C[C@H](N3CCN(C(=O)OC(C)(C)C)CC3)C2=O)cc1. The summed E-state index contributed by atoms with van der Waals surface area (Å²) in [5.41, 5.74) is 0.225. The number of benzene rings is 1. The second-order valence-electron chi connectivity index (χ2n) is 8.56. The molecule has 0 unspecified atom stereocenters. The van der Waals surface area contributed by atoms with Crippen molar-refractivity contribution in [1.29, 1.82) is 0 Å². The molecule has 2 saturated heterocycles. The van der Waals surface area contributed by atoms with Crippen molar-refractivity contribution in [2.24, 2.45) is 0 Å². The van der Waals surface area contributed by atoms with Gasteiger partial charge in [-0.3, -0.25) is 14.5 Å². The second-order valence-corrected chi connectivity index (χ2v) is 8.56. The minimum absolute atomic E-state index is 0.0882. The van der Waals surface area contributed by atoms with Gasteiger partial charge >= 0.3 is 12.1 Å². The summed E-state index contributed by atoms with van der Waals surface area (Å²) in [7, 11) is 0. The number of anilines is 1. The van der Waals surface area contributed by atoms with Crippen LogP contribution in [0.5, 0.6) is 0 Å². The van der Waals surface area contributed by atoms with Gasteiger partial charge in [0.25, 0.3) is 5.91 Å². The summed E-state index contributed by atoms with van der Waals surface area (Å²) < 4.78 is 10.4. The van der Waals surface area contributed by atoms with E-state index in [1.165, 1.54) is 4.90 Å². The third-order valence-electron chi connectivity index (χ3n) is 5.17. The lowest BCUT2D eigenvalue weighted by Crippen LogP contribution is -2.54. The molecule has 3 rings (SSSR count). The maximum Gasteiger partial charge on any atom is 0.410 e. The minimum Gasteiger partial charge on any atom is -0.462 e. The topological polar surface area (TPSA) is 96.5 Å². The highest BCUT2D eigenvalue weighted by atomic mass is 16.6. The first-order valence-electron chi connectivity index (χ1n) is 10.5.